The Balaban J connectivity index is 1.53. The van der Waals surface area contributed by atoms with Crippen LogP contribution >= 0.6 is 0 Å². The predicted octanol–water partition coefficient (Wildman–Crippen LogP) is 8.10. The van der Waals surface area contributed by atoms with E-state index in [1.165, 1.54) is 55.6 Å². The third-order valence-corrected chi connectivity index (χ3v) is 8.63. The number of rotatable bonds is 2. The van der Waals surface area contributed by atoms with Crippen molar-refractivity contribution in [1.29, 1.82) is 0 Å². The number of aromatic nitrogens is 1. The van der Waals surface area contributed by atoms with E-state index in [1.54, 1.807) is 0 Å². The molecule has 8 rings (SSSR count). The molecule has 3 atom stereocenters. The molecule has 3 unspecified atom stereocenters. The van der Waals surface area contributed by atoms with Crippen molar-refractivity contribution in [1.82, 2.24) is 9.14 Å². The highest BCUT2D eigenvalue weighted by molar-refractivity contribution is 6.18. The molecule has 2 nitrogen and oxygen atoms in total. The SMILES string of the molecule is CC1C2=CC=CC3=[N+](c4ccccc4)c4cccc5c6cccc(c6n(c45)C23)CC1c1ccccc1. The second kappa shape index (κ2) is 7.41. The van der Waals surface area contributed by atoms with E-state index in [2.05, 4.69) is 131 Å². The molecule has 0 N–H and O–H groups in total. The first-order valence-corrected chi connectivity index (χ1v) is 13.0. The zero-order valence-corrected chi connectivity index (χ0v) is 20.3. The molecule has 1 aromatic heterocycles. The van der Waals surface area contributed by atoms with Crippen molar-refractivity contribution in [3.05, 3.63) is 132 Å². The van der Waals surface area contributed by atoms with E-state index in [4.69, 9.17) is 0 Å². The van der Waals surface area contributed by atoms with Crippen molar-refractivity contribution < 1.29 is 0 Å². The fraction of sp³-hybridized carbons (Fsp3) is 0.147. The second-order valence-corrected chi connectivity index (χ2v) is 10.4. The Kier molecular flexibility index (Phi) is 4.13. The molecule has 3 aliphatic rings. The van der Waals surface area contributed by atoms with E-state index < -0.39 is 0 Å². The van der Waals surface area contributed by atoms with Gasteiger partial charge in [0.1, 0.15) is 11.6 Å². The van der Waals surface area contributed by atoms with Crippen LogP contribution in [0.4, 0.5) is 11.4 Å². The Bertz CT molecular complexity index is 1770. The first-order chi connectivity index (χ1) is 17.8. The first-order valence-electron chi connectivity index (χ1n) is 13.0. The van der Waals surface area contributed by atoms with E-state index in [0.29, 0.717) is 11.8 Å². The molecule has 0 saturated heterocycles. The van der Waals surface area contributed by atoms with Gasteiger partial charge in [-0.3, -0.25) is 0 Å². The molecule has 3 heterocycles. The standard InChI is InChI=1S/C34H27N2/c1-22-26-16-9-19-30-33(26)36-32-24(21-29(22)23-11-4-2-5-12-23)13-8-17-27(32)28-18-10-20-31(34(28)36)35(30)25-14-6-3-7-15-25/h2-20,22,29,33H,21H2,1H3/q+1. The lowest BCUT2D eigenvalue weighted by molar-refractivity contribution is 0.475. The third kappa shape index (κ3) is 2.59. The summed E-state index contributed by atoms with van der Waals surface area (Å²) in [5.74, 6) is 0.829. The Hall–Kier alpha value is -4.17. The summed E-state index contributed by atoms with van der Waals surface area (Å²) in [5.41, 5.74) is 11.0. The van der Waals surface area contributed by atoms with Gasteiger partial charge in [-0.15, -0.1) is 0 Å². The van der Waals surface area contributed by atoms with Crippen LogP contribution in [-0.2, 0) is 6.42 Å². The largest absolute Gasteiger partial charge is 0.317 e. The maximum atomic E-state index is 2.68. The van der Waals surface area contributed by atoms with Gasteiger partial charge in [-0.25, -0.2) is 0 Å². The van der Waals surface area contributed by atoms with Gasteiger partial charge >= 0.3 is 0 Å². The van der Waals surface area contributed by atoms with Gasteiger partial charge in [-0.2, -0.15) is 4.58 Å². The Morgan fingerprint density at radius 2 is 1.47 bits per heavy atom. The van der Waals surface area contributed by atoms with Crippen molar-refractivity contribution in [2.75, 3.05) is 0 Å². The molecule has 0 saturated carbocycles. The molecule has 0 spiro atoms. The molecule has 2 heteroatoms. The summed E-state index contributed by atoms with van der Waals surface area (Å²) < 4.78 is 5.18. The molecule has 2 aliphatic heterocycles. The number of hydrogen-bond acceptors (Lipinski definition) is 0. The lowest BCUT2D eigenvalue weighted by atomic mass is 9.73. The zero-order valence-electron chi connectivity index (χ0n) is 20.3. The molecule has 4 aromatic carbocycles. The highest BCUT2D eigenvalue weighted by Crippen LogP contribution is 2.50. The monoisotopic (exact) mass is 463 g/mol. The lowest BCUT2D eigenvalue weighted by Crippen LogP contribution is -2.36. The minimum absolute atomic E-state index is 0.174. The number of para-hydroxylation sites is 3. The van der Waals surface area contributed by atoms with Gasteiger partial charge in [0.15, 0.2) is 0 Å². The summed E-state index contributed by atoms with van der Waals surface area (Å²) in [7, 11) is 0. The Labute approximate surface area is 211 Å². The van der Waals surface area contributed by atoms with E-state index in [0.717, 1.165) is 6.42 Å². The van der Waals surface area contributed by atoms with Crippen LogP contribution in [0.2, 0.25) is 0 Å². The van der Waals surface area contributed by atoms with Crippen LogP contribution < -0.4 is 4.58 Å². The summed E-state index contributed by atoms with van der Waals surface area (Å²) in [5, 5.41) is 2.72. The summed E-state index contributed by atoms with van der Waals surface area (Å²) in [6, 6.07) is 36.0. The fourth-order valence-corrected chi connectivity index (χ4v) is 7.06. The molecule has 0 amide bonds. The van der Waals surface area contributed by atoms with Gasteiger partial charge in [0.05, 0.1) is 5.52 Å². The zero-order chi connectivity index (χ0) is 23.8. The molecule has 0 bridgehead atoms. The van der Waals surface area contributed by atoms with Gasteiger partial charge in [-0.1, -0.05) is 97.9 Å². The van der Waals surface area contributed by atoms with E-state index in [9.17, 15) is 0 Å². The number of benzene rings is 4. The minimum Gasteiger partial charge on any atom is -0.317 e. The van der Waals surface area contributed by atoms with Gasteiger partial charge in [0.25, 0.3) is 0 Å². The van der Waals surface area contributed by atoms with Gasteiger partial charge in [0, 0.05) is 35.0 Å². The van der Waals surface area contributed by atoms with Crippen molar-refractivity contribution >= 4 is 38.9 Å². The smallest absolute Gasteiger partial charge is 0.235 e. The van der Waals surface area contributed by atoms with Gasteiger partial charge < -0.3 is 4.57 Å². The fourth-order valence-electron chi connectivity index (χ4n) is 7.06. The molecular weight excluding hydrogens is 436 g/mol. The van der Waals surface area contributed by atoms with E-state index >= 15 is 0 Å². The van der Waals surface area contributed by atoms with E-state index in [1.807, 2.05) is 0 Å². The summed E-state index contributed by atoms with van der Waals surface area (Å²) in [6.45, 7) is 2.44. The summed E-state index contributed by atoms with van der Waals surface area (Å²) >= 11 is 0. The second-order valence-electron chi connectivity index (χ2n) is 10.4. The van der Waals surface area contributed by atoms with E-state index in [-0.39, 0.29) is 6.04 Å². The molecule has 1 aliphatic carbocycles. The van der Waals surface area contributed by atoms with Crippen molar-refractivity contribution in [2.24, 2.45) is 5.92 Å². The van der Waals surface area contributed by atoms with Crippen LogP contribution in [-0.4, -0.2) is 10.3 Å². The minimum atomic E-state index is 0.174. The average Bonchev–Trinajstić information content (AvgIpc) is 3.28. The molecule has 0 fully saturated rings. The van der Waals surface area contributed by atoms with Crippen molar-refractivity contribution in [2.45, 2.75) is 25.3 Å². The number of hydrogen-bond donors (Lipinski definition) is 0. The molecule has 172 valence electrons. The molecule has 5 aromatic rings. The number of nitrogens with zero attached hydrogens (tertiary/aromatic N) is 2. The molecule has 0 radical (unpaired) electrons. The highest BCUT2D eigenvalue weighted by Gasteiger charge is 2.44. The normalized spacial score (nSPS) is 22.1. The van der Waals surface area contributed by atoms with Gasteiger partial charge in [0.2, 0.25) is 17.1 Å². The van der Waals surface area contributed by atoms with Gasteiger partial charge in [-0.05, 0) is 35.0 Å². The van der Waals surface area contributed by atoms with Crippen molar-refractivity contribution in [3.8, 4) is 0 Å². The van der Waals surface area contributed by atoms with Crippen LogP contribution in [0.3, 0.4) is 0 Å². The average molecular weight is 464 g/mol. The summed E-state index contributed by atoms with van der Waals surface area (Å²) in [4.78, 5) is 0. The maximum absolute atomic E-state index is 2.68. The molecule has 36 heavy (non-hydrogen) atoms. The quantitative estimate of drug-likeness (QED) is 0.234. The Morgan fingerprint density at radius 1 is 0.750 bits per heavy atom. The van der Waals surface area contributed by atoms with Crippen LogP contribution in [0.25, 0.3) is 21.8 Å². The van der Waals surface area contributed by atoms with Crippen LogP contribution in [0.15, 0.2) is 121 Å². The van der Waals surface area contributed by atoms with Crippen LogP contribution in [0.1, 0.15) is 30.0 Å². The third-order valence-electron chi connectivity index (χ3n) is 8.63. The number of fused-ring (bicyclic) bond motifs is 1. The van der Waals surface area contributed by atoms with Crippen LogP contribution in [0.5, 0.6) is 0 Å². The lowest BCUT2D eigenvalue weighted by Gasteiger charge is -2.37. The summed E-state index contributed by atoms with van der Waals surface area (Å²) in [6.07, 6.45) is 8.05. The maximum Gasteiger partial charge on any atom is 0.235 e. The van der Waals surface area contributed by atoms with Crippen LogP contribution in [0, 0.1) is 5.92 Å². The number of allylic oxidation sites excluding steroid dienone is 4. The van der Waals surface area contributed by atoms with Crippen molar-refractivity contribution in [3.63, 3.8) is 0 Å². The topological polar surface area (TPSA) is 7.94 Å². The first kappa shape index (κ1) is 20.1. The Morgan fingerprint density at radius 3 is 2.28 bits per heavy atom. The highest BCUT2D eigenvalue weighted by atomic mass is 15.2. The molecular formula is C34H27N2+. The predicted molar refractivity (Wildman–Crippen MR) is 151 cm³/mol.